The van der Waals surface area contributed by atoms with Gasteiger partial charge in [0.2, 0.25) is 0 Å². The van der Waals surface area contributed by atoms with E-state index in [0.29, 0.717) is 0 Å². The molecule has 0 bridgehead atoms. The smallest absolute Gasteiger partial charge is 0.0110 e. The van der Waals surface area contributed by atoms with Crippen LogP contribution in [0.1, 0.15) is 12.0 Å². The van der Waals surface area contributed by atoms with Crippen LogP contribution in [-0.2, 0) is 6.42 Å². The lowest BCUT2D eigenvalue weighted by atomic mass is 10.1. The number of hydrogen-bond acceptors (Lipinski definition) is 3. The first-order valence-electron chi connectivity index (χ1n) is 7.50. The Bertz CT molecular complexity index is 331. The van der Waals surface area contributed by atoms with Crippen molar-refractivity contribution in [3.63, 3.8) is 0 Å². The fraction of sp³-hybridized carbons (Fsp3) is 0.625. The molecule has 1 saturated heterocycles. The Morgan fingerprint density at radius 3 is 2.47 bits per heavy atom. The minimum atomic E-state index is 1.09. The third-order valence-electron chi connectivity index (χ3n) is 3.86. The summed E-state index contributed by atoms with van der Waals surface area (Å²) in [5.41, 5.74) is 1.43. The van der Waals surface area contributed by atoms with E-state index >= 15 is 0 Å². The Morgan fingerprint density at radius 2 is 1.74 bits per heavy atom. The molecule has 2 rings (SSSR count). The molecule has 1 aromatic carbocycles. The number of benzene rings is 1. The van der Waals surface area contributed by atoms with E-state index in [4.69, 9.17) is 0 Å². The molecule has 0 aliphatic carbocycles. The maximum Gasteiger partial charge on any atom is 0.0110 e. The summed E-state index contributed by atoms with van der Waals surface area (Å²) in [5, 5.41) is 3.55. The largest absolute Gasteiger partial charge is 0.316 e. The summed E-state index contributed by atoms with van der Waals surface area (Å²) >= 11 is 0. The van der Waals surface area contributed by atoms with E-state index in [9.17, 15) is 0 Å². The second-order valence-electron chi connectivity index (χ2n) is 5.48. The summed E-state index contributed by atoms with van der Waals surface area (Å²) in [7, 11) is 2.21. The van der Waals surface area contributed by atoms with Gasteiger partial charge in [0.1, 0.15) is 0 Å². The lowest BCUT2D eigenvalue weighted by molar-refractivity contribution is 0.153. The highest BCUT2D eigenvalue weighted by Crippen LogP contribution is 2.00. The normalized spacial score (nSPS) is 17.7. The molecule has 1 N–H and O–H groups in total. The first-order valence-corrected chi connectivity index (χ1v) is 7.50. The Labute approximate surface area is 117 Å². The zero-order chi connectivity index (χ0) is 13.3. The van der Waals surface area contributed by atoms with Gasteiger partial charge in [0.05, 0.1) is 0 Å². The van der Waals surface area contributed by atoms with Crippen molar-refractivity contribution in [1.29, 1.82) is 0 Å². The second-order valence-corrected chi connectivity index (χ2v) is 5.48. The van der Waals surface area contributed by atoms with Crippen LogP contribution in [0.3, 0.4) is 0 Å². The van der Waals surface area contributed by atoms with Crippen LogP contribution in [0.4, 0.5) is 0 Å². The Morgan fingerprint density at radius 1 is 1.00 bits per heavy atom. The molecule has 0 aromatic heterocycles. The van der Waals surface area contributed by atoms with Crippen molar-refractivity contribution in [1.82, 2.24) is 15.1 Å². The number of nitrogens with one attached hydrogen (secondary N) is 1. The molecule has 1 fully saturated rings. The third-order valence-corrected chi connectivity index (χ3v) is 3.86. The summed E-state index contributed by atoms with van der Waals surface area (Å²) in [5.74, 6) is 0. The van der Waals surface area contributed by atoms with Gasteiger partial charge in [0.25, 0.3) is 0 Å². The SMILES string of the molecule is CN1CCN(CCCNCCc2ccccc2)CC1. The molecule has 3 nitrogen and oxygen atoms in total. The molecule has 1 aliphatic rings. The minimum absolute atomic E-state index is 1.09. The van der Waals surface area contributed by atoms with E-state index in [2.05, 4.69) is 52.5 Å². The van der Waals surface area contributed by atoms with Crippen LogP contribution in [0.2, 0.25) is 0 Å². The second kappa shape index (κ2) is 8.31. The van der Waals surface area contributed by atoms with E-state index < -0.39 is 0 Å². The van der Waals surface area contributed by atoms with Crippen molar-refractivity contribution in [3.05, 3.63) is 35.9 Å². The molecule has 0 unspecified atom stereocenters. The van der Waals surface area contributed by atoms with Crippen LogP contribution in [-0.4, -0.2) is 62.7 Å². The van der Waals surface area contributed by atoms with Crippen molar-refractivity contribution in [2.24, 2.45) is 0 Å². The van der Waals surface area contributed by atoms with Gasteiger partial charge in [-0.3, -0.25) is 0 Å². The summed E-state index contributed by atoms with van der Waals surface area (Å²) in [6, 6.07) is 10.7. The van der Waals surface area contributed by atoms with Gasteiger partial charge in [-0.2, -0.15) is 0 Å². The molecule has 0 radical (unpaired) electrons. The fourth-order valence-electron chi connectivity index (χ4n) is 2.50. The molecular formula is C16H27N3. The van der Waals surface area contributed by atoms with E-state index in [1.165, 1.54) is 44.7 Å². The number of nitrogens with zero attached hydrogens (tertiary/aromatic N) is 2. The summed E-state index contributed by atoms with van der Waals surface area (Å²) in [6.07, 6.45) is 2.40. The first kappa shape index (κ1) is 14.5. The van der Waals surface area contributed by atoms with Crippen molar-refractivity contribution < 1.29 is 0 Å². The van der Waals surface area contributed by atoms with Crippen LogP contribution < -0.4 is 5.32 Å². The number of hydrogen-bond donors (Lipinski definition) is 1. The van der Waals surface area contributed by atoms with Crippen molar-refractivity contribution >= 4 is 0 Å². The van der Waals surface area contributed by atoms with Gasteiger partial charge in [0.15, 0.2) is 0 Å². The molecule has 3 heteroatoms. The van der Waals surface area contributed by atoms with Gasteiger partial charge in [-0.1, -0.05) is 30.3 Å². The van der Waals surface area contributed by atoms with Crippen LogP contribution >= 0.6 is 0 Å². The van der Waals surface area contributed by atoms with Gasteiger partial charge in [-0.05, 0) is 45.1 Å². The fourth-order valence-corrected chi connectivity index (χ4v) is 2.50. The molecule has 0 saturated carbocycles. The minimum Gasteiger partial charge on any atom is -0.316 e. The van der Waals surface area contributed by atoms with Crippen LogP contribution in [0.15, 0.2) is 30.3 Å². The van der Waals surface area contributed by atoms with E-state index in [1.54, 1.807) is 0 Å². The highest BCUT2D eigenvalue weighted by atomic mass is 15.2. The first-order chi connectivity index (χ1) is 9.34. The number of likely N-dealkylation sites (N-methyl/N-ethyl adjacent to an activating group) is 1. The number of rotatable bonds is 7. The molecule has 19 heavy (non-hydrogen) atoms. The topological polar surface area (TPSA) is 18.5 Å². The molecule has 1 aromatic rings. The molecule has 0 spiro atoms. The zero-order valence-electron chi connectivity index (χ0n) is 12.1. The quantitative estimate of drug-likeness (QED) is 0.750. The van der Waals surface area contributed by atoms with Crippen LogP contribution in [0, 0.1) is 0 Å². The van der Waals surface area contributed by atoms with E-state index in [0.717, 1.165) is 19.5 Å². The highest BCUT2D eigenvalue weighted by Gasteiger charge is 2.12. The predicted octanol–water partition coefficient (Wildman–Crippen LogP) is 1.46. The average Bonchev–Trinajstić information content (AvgIpc) is 2.46. The monoisotopic (exact) mass is 261 g/mol. The summed E-state index contributed by atoms with van der Waals surface area (Å²) < 4.78 is 0. The molecular weight excluding hydrogens is 234 g/mol. The Hall–Kier alpha value is -0.900. The average molecular weight is 261 g/mol. The molecule has 106 valence electrons. The Kier molecular flexibility index (Phi) is 6.34. The maximum absolute atomic E-state index is 3.55. The summed E-state index contributed by atoms with van der Waals surface area (Å²) in [4.78, 5) is 4.99. The highest BCUT2D eigenvalue weighted by molar-refractivity contribution is 5.14. The van der Waals surface area contributed by atoms with Crippen molar-refractivity contribution in [3.8, 4) is 0 Å². The van der Waals surface area contributed by atoms with Crippen LogP contribution in [0.25, 0.3) is 0 Å². The predicted molar refractivity (Wildman–Crippen MR) is 81.6 cm³/mol. The molecule has 1 aliphatic heterocycles. The van der Waals surface area contributed by atoms with Crippen LogP contribution in [0.5, 0.6) is 0 Å². The van der Waals surface area contributed by atoms with E-state index in [1.807, 2.05) is 0 Å². The van der Waals surface area contributed by atoms with Gasteiger partial charge in [-0.25, -0.2) is 0 Å². The Balaban J connectivity index is 1.46. The molecule has 0 atom stereocenters. The molecule has 1 heterocycles. The lowest BCUT2D eigenvalue weighted by Crippen LogP contribution is -2.45. The molecule has 0 amide bonds. The standard InChI is InChI=1S/C16H27N3/c1-18-12-14-19(15-13-18)11-5-9-17-10-8-16-6-3-2-4-7-16/h2-4,6-7,17H,5,8-15H2,1H3. The van der Waals surface area contributed by atoms with Gasteiger partial charge in [0, 0.05) is 26.2 Å². The zero-order valence-corrected chi connectivity index (χ0v) is 12.1. The number of piperazine rings is 1. The van der Waals surface area contributed by atoms with E-state index in [-0.39, 0.29) is 0 Å². The summed E-state index contributed by atoms with van der Waals surface area (Å²) in [6.45, 7) is 8.39. The van der Waals surface area contributed by atoms with Gasteiger partial charge >= 0.3 is 0 Å². The lowest BCUT2D eigenvalue weighted by Gasteiger charge is -2.32. The third kappa shape index (κ3) is 5.72. The van der Waals surface area contributed by atoms with Crippen molar-refractivity contribution in [2.45, 2.75) is 12.8 Å². The van der Waals surface area contributed by atoms with Gasteiger partial charge in [-0.15, -0.1) is 0 Å². The van der Waals surface area contributed by atoms with Gasteiger partial charge < -0.3 is 15.1 Å². The van der Waals surface area contributed by atoms with Crippen molar-refractivity contribution in [2.75, 3.05) is 52.9 Å². The maximum atomic E-state index is 3.55.